The molecule has 9 heteroatoms. The van der Waals surface area contributed by atoms with Gasteiger partial charge in [0.1, 0.15) is 12.3 Å². The van der Waals surface area contributed by atoms with E-state index in [0.717, 1.165) is 22.4 Å². The quantitative estimate of drug-likeness (QED) is 0.226. The highest BCUT2D eigenvalue weighted by molar-refractivity contribution is 7.71. The third-order valence-electron chi connectivity index (χ3n) is 5.29. The maximum Gasteiger partial charge on any atom is 0.216 e. The molecule has 2 heterocycles. The van der Waals surface area contributed by atoms with E-state index in [1.807, 2.05) is 84.9 Å². The molecule has 8 nitrogen and oxygen atoms in total. The van der Waals surface area contributed by atoms with E-state index in [1.54, 1.807) is 18.0 Å². The first-order chi connectivity index (χ1) is 17.2. The van der Waals surface area contributed by atoms with Crippen molar-refractivity contribution in [3.63, 3.8) is 0 Å². The Hall–Kier alpha value is -4.50. The van der Waals surface area contributed by atoms with Crippen LogP contribution in [-0.2, 0) is 6.61 Å². The van der Waals surface area contributed by atoms with Crippen molar-refractivity contribution in [2.24, 2.45) is 5.10 Å². The monoisotopic (exact) mass is 482 g/mol. The highest BCUT2D eigenvalue weighted by Crippen LogP contribution is 2.28. The molecule has 0 aliphatic rings. The van der Waals surface area contributed by atoms with Gasteiger partial charge in [-0.15, -0.1) is 0 Å². The maximum atomic E-state index is 6.01. The van der Waals surface area contributed by atoms with Gasteiger partial charge in [-0.25, -0.2) is 5.10 Å². The summed E-state index contributed by atoms with van der Waals surface area (Å²) in [5, 5.41) is 19.1. The molecule has 35 heavy (non-hydrogen) atoms. The topological polar surface area (TPSA) is 93.1 Å². The fourth-order valence-corrected chi connectivity index (χ4v) is 3.69. The van der Waals surface area contributed by atoms with Crippen molar-refractivity contribution in [3.8, 4) is 34.3 Å². The Morgan fingerprint density at radius 2 is 1.69 bits per heavy atom. The van der Waals surface area contributed by atoms with Gasteiger partial charge in [-0.3, -0.25) is 5.10 Å². The molecular weight excluding hydrogens is 460 g/mol. The van der Waals surface area contributed by atoms with Crippen LogP contribution in [0.5, 0.6) is 11.5 Å². The molecule has 0 unspecified atom stereocenters. The SMILES string of the molecule is COc1ccc(/C=N/n2c(-c3cc(-c4ccccc4)n[nH]3)n[nH]c2=S)cc1OCc1ccccc1. The van der Waals surface area contributed by atoms with Crippen molar-refractivity contribution in [3.05, 3.63) is 101 Å². The van der Waals surface area contributed by atoms with Crippen molar-refractivity contribution >= 4 is 18.4 Å². The maximum absolute atomic E-state index is 6.01. The van der Waals surface area contributed by atoms with Crippen LogP contribution in [0.25, 0.3) is 22.8 Å². The van der Waals surface area contributed by atoms with Crippen molar-refractivity contribution < 1.29 is 9.47 Å². The zero-order valence-corrected chi connectivity index (χ0v) is 19.7. The second-order valence-electron chi connectivity index (χ2n) is 7.63. The fraction of sp³-hybridized carbons (Fsp3) is 0.0769. The molecule has 0 aliphatic carbocycles. The van der Waals surface area contributed by atoms with Gasteiger partial charge in [0.05, 0.1) is 19.0 Å². The summed E-state index contributed by atoms with van der Waals surface area (Å²) in [5.74, 6) is 1.79. The summed E-state index contributed by atoms with van der Waals surface area (Å²) in [6, 6.07) is 27.4. The number of aromatic nitrogens is 5. The highest BCUT2D eigenvalue weighted by atomic mass is 32.1. The largest absolute Gasteiger partial charge is 0.493 e. The number of aromatic amines is 2. The van der Waals surface area contributed by atoms with Crippen molar-refractivity contribution in [2.45, 2.75) is 6.61 Å². The lowest BCUT2D eigenvalue weighted by Gasteiger charge is -2.11. The summed E-state index contributed by atoms with van der Waals surface area (Å²) >= 11 is 5.40. The van der Waals surface area contributed by atoms with Gasteiger partial charge in [-0.05, 0) is 47.6 Å². The second kappa shape index (κ2) is 10.2. The standard InChI is InChI=1S/C26H22N6O2S/c1-33-23-13-12-19(14-24(23)34-17-18-8-4-2-5-9-18)16-27-32-25(30-31-26(32)35)22-15-21(28-29-22)20-10-6-3-7-11-20/h2-16H,17H2,1H3,(H,28,29)(H,31,35)/b27-16+. The van der Waals surface area contributed by atoms with Gasteiger partial charge in [0.15, 0.2) is 11.5 Å². The fourth-order valence-electron chi connectivity index (χ4n) is 3.51. The Bertz CT molecular complexity index is 1510. The van der Waals surface area contributed by atoms with Crippen molar-refractivity contribution in [2.75, 3.05) is 7.11 Å². The van der Waals surface area contributed by atoms with E-state index in [1.165, 1.54) is 0 Å². The van der Waals surface area contributed by atoms with Crippen LogP contribution in [0.15, 0.2) is 90.0 Å². The molecule has 5 aromatic rings. The van der Waals surface area contributed by atoms with Gasteiger partial charge in [-0.1, -0.05) is 60.7 Å². The average Bonchev–Trinajstić information content (AvgIpc) is 3.54. The third kappa shape index (κ3) is 5.04. The van der Waals surface area contributed by atoms with Crippen molar-refractivity contribution in [1.29, 1.82) is 0 Å². The second-order valence-corrected chi connectivity index (χ2v) is 8.01. The first kappa shape index (κ1) is 22.3. The molecule has 174 valence electrons. The lowest BCUT2D eigenvalue weighted by atomic mass is 10.1. The van der Waals surface area contributed by atoms with Crippen LogP contribution in [0.2, 0.25) is 0 Å². The molecule has 0 spiro atoms. The molecule has 0 saturated carbocycles. The van der Waals surface area contributed by atoms with E-state index >= 15 is 0 Å². The van der Waals surface area contributed by atoms with E-state index in [9.17, 15) is 0 Å². The van der Waals surface area contributed by atoms with Crippen LogP contribution in [0.3, 0.4) is 0 Å². The number of ether oxygens (including phenoxy) is 2. The number of rotatable bonds is 8. The number of benzene rings is 3. The zero-order valence-electron chi connectivity index (χ0n) is 18.9. The molecule has 2 aromatic heterocycles. The van der Waals surface area contributed by atoms with Gasteiger partial charge >= 0.3 is 0 Å². The molecule has 0 amide bonds. The number of nitrogens with zero attached hydrogens (tertiary/aromatic N) is 4. The number of hydrogen-bond acceptors (Lipinski definition) is 6. The summed E-state index contributed by atoms with van der Waals surface area (Å²) in [6.45, 7) is 0.429. The normalized spacial score (nSPS) is 11.1. The lowest BCUT2D eigenvalue weighted by molar-refractivity contribution is 0.284. The van der Waals surface area contributed by atoms with Crippen LogP contribution in [0.4, 0.5) is 0 Å². The summed E-state index contributed by atoms with van der Waals surface area (Å²) in [6.07, 6.45) is 1.69. The highest BCUT2D eigenvalue weighted by Gasteiger charge is 2.13. The Morgan fingerprint density at radius 1 is 0.914 bits per heavy atom. The zero-order chi connectivity index (χ0) is 24.0. The minimum Gasteiger partial charge on any atom is -0.493 e. The van der Waals surface area contributed by atoms with Crippen LogP contribution in [-0.4, -0.2) is 38.4 Å². The van der Waals surface area contributed by atoms with Crippen LogP contribution < -0.4 is 9.47 Å². The van der Waals surface area contributed by atoms with Gasteiger partial charge in [-0.2, -0.15) is 20.0 Å². The molecule has 2 N–H and O–H groups in total. The summed E-state index contributed by atoms with van der Waals surface area (Å²) in [5.41, 5.74) is 4.38. The Kier molecular flexibility index (Phi) is 6.49. The molecule has 0 fully saturated rings. The Labute approximate surface area is 206 Å². The van der Waals surface area contributed by atoms with E-state index in [-0.39, 0.29) is 0 Å². The van der Waals surface area contributed by atoms with Gasteiger partial charge < -0.3 is 9.47 Å². The smallest absolute Gasteiger partial charge is 0.216 e. The molecule has 0 saturated heterocycles. The first-order valence-corrected chi connectivity index (χ1v) is 11.3. The lowest BCUT2D eigenvalue weighted by Crippen LogP contribution is -1.99. The molecule has 0 bridgehead atoms. The number of nitrogens with one attached hydrogen (secondary N) is 2. The first-order valence-electron chi connectivity index (χ1n) is 10.9. The minimum atomic E-state index is 0.362. The number of hydrogen-bond donors (Lipinski definition) is 2. The van der Waals surface area contributed by atoms with Crippen LogP contribution >= 0.6 is 12.2 Å². The predicted molar refractivity (Wildman–Crippen MR) is 137 cm³/mol. The Balaban J connectivity index is 1.39. The predicted octanol–water partition coefficient (Wildman–Crippen LogP) is 5.47. The van der Waals surface area contributed by atoms with Gasteiger partial charge in [0, 0.05) is 5.56 Å². The molecule has 5 rings (SSSR count). The third-order valence-corrected chi connectivity index (χ3v) is 5.55. The van der Waals surface area contributed by atoms with Crippen molar-refractivity contribution in [1.82, 2.24) is 25.1 Å². The molecule has 0 aliphatic heterocycles. The van der Waals surface area contributed by atoms with E-state index < -0.39 is 0 Å². The Morgan fingerprint density at radius 3 is 2.46 bits per heavy atom. The molecule has 0 atom stereocenters. The van der Waals surface area contributed by atoms with E-state index in [4.69, 9.17) is 21.7 Å². The summed E-state index contributed by atoms with van der Waals surface area (Å²) in [7, 11) is 1.61. The van der Waals surface area contributed by atoms with E-state index in [2.05, 4.69) is 25.5 Å². The average molecular weight is 483 g/mol. The number of H-pyrrole nitrogens is 2. The van der Waals surface area contributed by atoms with E-state index in [0.29, 0.717) is 34.4 Å². The number of methoxy groups -OCH3 is 1. The van der Waals surface area contributed by atoms with Gasteiger partial charge in [0.2, 0.25) is 10.6 Å². The molecule has 3 aromatic carbocycles. The van der Waals surface area contributed by atoms with Crippen LogP contribution in [0.1, 0.15) is 11.1 Å². The molecular formula is C26H22N6O2S. The summed E-state index contributed by atoms with van der Waals surface area (Å²) < 4.78 is 13.4. The minimum absolute atomic E-state index is 0.362. The van der Waals surface area contributed by atoms with Gasteiger partial charge in [0.25, 0.3) is 0 Å². The summed E-state index contributed by atoms with van der Waals surface area (Å²) in [4.78, 5) is 0. The molecule has 0 radical (unpaired) electrons. The van der Waals surface area contributed by atoms with Crippen LogP contribution in [0, 0.1) is 4.77 Å².